The van der Waals surface area contributed by atoms with Crippen molar-refractivity contribution in [1.82, 2.24) is 0 Å². The van der Waals surface area contributed by atoms with E-state index in [2.05, 4.69) is 85.0 Å². The molecule has 0 amide bonds. The molecular formula is C34H40Cl2Zr. The molecule has 2 atom stereocenters. The second kappa shape index (κ2) is 12.8. The van der Waals surface area contributed by atoms with E-state index < -0.39 is 23.2 Å². The van der Waals surface area contributed by atoms with Crippen molar-refractivity contribution in [3.8, 4) is 0 Å². The maximum absolute atomic E-state index is 2.70. The van der Waals surface area contributed by atoms with Gasteiger partial charge in [0.15, 0.2) is 0 Å². The van der Waals surface area contributed by atoms with E-state index in [1.165, 1.54) is 77.0 Å². The Hall–Kier alpha value is -1.14. The molecule has 0 radical (unpaired) electrons. The van der Waals surface area contributed by atoms with E-state index in [1.54, 1.807) is 33.4 Å². The Morgan fingerprint density at radius 3 is 1.24 bits per heavy atom. The van der Waals surface area contributed by atoms with Crippen LogP contribution in [0.2, 0.25) is 0 Å². The van der Waals surface area contributed by atoms with Crippen LogP contribution in [0.1, 0.15) is 88.2 Å². The van der Waals surface area contributed by atoms with Gasteiger partial charge in [0.1, 0.15) is 0 Å². The van der Waals surface area contributed by atoms with Gasteiger partial charge in [-0.15, -0.1) is 24.8 Å². The van der Waals surface area contributed by atoms with Crippen molar-refractivity contribution in [2.45, 2.75) is 83.3 Å². The molecule has 0 nitrogen and oxygen atoms in total. The van der Waals surface area contributed by atoms with Crippen molar-refractivity contribution in [3.05, 3.63) is 118 Å². The first-order valence-corrected chi connectivity index (χ1v) is 16.5. The molecule has 194 valence electrons. The van der Waals surface area contributed by atoms with Crippen LogP contribution in [0.5, 0.6) is 0 Å². The molecule has 2 aromatic carbocycles. The fraction of sp³-hybridized carbons (Fsp3) is 0.412. The Labute approximate surface area is 248 Å². The number of allylic oxidation sites excluding steroid dienone is 8. The summed E-state index contributed by atoms with van der Waals surface area (Å²) < 4.78 is 0.310. The van der Waals surface area contributed by atoms with E-state index in [4.69, 9.17) is 0 Å². The third-order valence-corrected chi connectivity index (χ3v) is 14.6. The predicted molar refractivity (Wildman–Crippen MR) is 158 cm³/mol. The Morgan fingerprint density at radius 1 is 0.459 bits per heavy atom. The molecule has 0 saturated heterocycles. The first-order chi connectivity index (χ1) is 17.3. The van der Waals surface area contributed by atoms with E-state index in [0.717, 1.165) is 0 Å². The summed E-state index contributed by atoms with van der Waals surface area (Å²) >= 11 is -1.13. The van der Waals surface area contributed by atoms with E-state index in [9.17, 15) is 0 Å². The summed E-state index contributed by atoms with van der Waals surface area (Å²) in [5, 5.41) is 0. The van der Waals surface area contributed by atoms with Crippen LogP contribution in [0.25, 0.3) is 0 Å². The second-order valence-corrected chi connectivity index (χ2v) is 15.5. The monoisotopic (exact) mass is 608 g/mol. The maximum Gasteiger partial charge on any atom is -0.147 e. The minimum atomic E-state index is -1.13. The maximum atomic E-state index is 2.70. The molecule has 0 N–H and O–H groups in total. The summed E-state index contributed by atoms with van der Waals surface area (Å²) in [6.07, 6.45) is 26.7. The molecule has 2 unspecified atom stereocenters. The van der Waals surface area contributed by atoms with Gasteiger partial charge in [0, 0.05) is 0 Å². The van der Waals surface area contributed by atoms with Crippen LogP contribution in [0.15, 0.2) is 107 Å². The van der Waals surface area contributed by atoms with Gasteiger partial charge < -0.3 is 0 Å². The normalized spacial score (nSPS) is 27.1. The third kappa shape index (κ3) is 5.48. The molecule has 0 heterocycles. The molecule has 0 fully saturated rings. The first-order valence-electron chi connectivity index (χ1n) is 14.1. The van der Waals surface area contributed by atoms with Crippen molar-refractivity contribution < 1.29 is 23.2 Å². The average Bonchev–Trinajstić information content (AvgIpc) is 3.38. The molecule has 4 aliphatic carbocycles. The Morgan fingerprint density at radius 2 is 0.838 bits per heavy atom. The van der Waals surface area contributed by atoms with E-state index in [1.807, 2.05) is 0 Å². The SMILES string of the molecule is C1=C[C]([Zr][C]2(c3ccccc3)C=CC3=C2CCCCCC3)(c2ccccc2)C2=C1CCCCCC2.Cl.Cl. The Bertz CT molecular complexity index is 1080. The number of hydrogen-bond donors (Lipinski definition) is 0. The van der Waals surface area contributed by atoms with Crippen molar-refractivity contribution >= 4 is 24.8 Å². The zero-order chi connectivity index (χ0) is 23.6. The van der Waals surface area contributed by atoms with Gasteiger partial charge in [-0.1, -0.05) is 0 Å². The topological polar surface area (TPSA) is 0 Å². The van der Waals surface area contributed by atoms with E-state index in [-0.39, 0.29) is 31.1 Å². The van der Waals surface area contributed by atoms with Crippen LogP contribution in [0.4, 0.5) is 0 Å². The van der Waals surface area contributed by atoms with Crippen LogP contribution in [-0.2, 0) is 29.5 Å². The molecule has 0 aromatic heterocycles. The minimum Gasteiger partial charge on any atom is -0.147 e. The zero-order valence-corrected chi connectivity index (χ0v) is 26.0. The largest absolute Gasteiger partial charge is 0.147 e. The van der Waals surface area contributed by atoms with Crippen LogP contribution in [0, 0.1) is 0 Å². The van der Waals surface area contributed by atoms with Gasteiger partial charge >= 0.3 is 225 Å². The summed E-state index contributed by atoms with van der Waals surface area (Å²) in [7, 11) is 0. The Kier molecular flexibility index (Phi) is 9.99. The van der Waals surface area contributed by atoms with Gasteiger partial charge in [0.25, 0.3) is 0 Å². The smallest absolute Gasteiger partial charge is 0.147 e. The summed E-state index contributed by atoms with van der Waals surface area (Å²) in [5.41, 5.74) is 10.1. The van der Waals surface area contributed by atoms with Gasteiger partial charge in [-0.3, -0.25) is 0 Å². The van der Waals surface area contributed by atoms with Crippen molar-refractivity contribution in [2.24, 2.45) is 0 Å². The quantitative estimate of drug-likeness (QED) is 0.323. The molecule has 3 heteroatoms. The van der Waals surface area contributed by atoms with Crippen LogP contribution in [0.3, 0.4) is 0 Å². The number of benzene rings is 2. The van der Waals surface area contributed by atoms with E-state index in [0.29, 0.717) is 0 Å². The van der Waals surface area contributed by atoms with Crippen molar-refractivity contribution in [1.29, 1.82) is 0 Å². The first kappa shape index (κ1) is 28.9. The molecule has 4 aliphatic rings. The van der Waals surface area contributed by atoms with Crippen LogP contribution in [-0.4, -0.2) is 0 Å². The van der Waals surface area contributed by atoms with E-state index >= 15 is 0 Å². The molecule has 0 saturated carbocycles. The van der Waals surface area contributed by atoms with Gasteiger partial charge in [-0.25, -0.2) is 0 Å². The standard InChI is InChI=1S/2C17H19.2ClH.Zr/c2*1-2-7-11-16-15(10-4-1)12-13-17(16)14-8-5-3-6-9-14;;;/h2*3,5-6,8-9,12-13H,1-2,4,7,10-11H2;2*1H;. The fourth-order valence-corrected chi connectivity index (χ4v) is 13.1. The predicted octanol–water partition coefficient (Wildman–Crippen LogP) is 10.1. The minimum absolute atomic E-state index is 0. The summed E-state index contributed by atoms with van der Waals surface area (Å²) in [6, 6.07) is 23.3. The molecule has 0 aliphatic heterocycles. The third-order valence-electron chi connectivity index (χ3n) is 8.89. The summed E-state index contributed by atoms with van der Waals surface area (Å²) in [5.74, 6) is 0. The molecule has 0 spiro atoms. The van der Waals surface area contributed by atoms with Crippen LogP contribution >= 0.6 is 24.8 Å². The summed E-state index contributed by atoms with van der Waals surface area (Å²) in [6.45, 7) is 0. The van der Waals surface area contributed by atoms with Gasteiger partial charge in [-0.05, 0) is 0 Å². The number of halogens is 2. The van der Waals surface area contributed by atoms with Gasteiger partial charge in [0.2, 0.25) is 0 Å². The van der Waals surface area contributed by atoms with Crippen LogP contribution < -0.4 is 0 Å². The number of hydrogen-bond acceptors (Lipinski definition) is 0. The molecule has 6 rings (SSSR count). The fourth-order valence-electron chi connectivity index (χ4n) is 7.12. The Balaban J connectivity index is 0.00000160. The summed E-state index contributed by atoms with van der Waals surface area (Å²) in [4.78, 5) is 0. The van der Waals surface area contributed by atoms with Crippen molar-refractivity contribution in [3.63, 3.8) is 0 Å². The number of rotatable bonds is 4. The average molecular weight is 611 g/mol. The van der Waals surface area contributed by atoms with Gasteiger partial charge in [-0.2, -0.15) is 0 Å². The van der Waals surface area contributed by atoms with Crippen molar-refractivity contribution in [2.75, 3.05) is 0 Å². The molecular weight excluding hydrogens is 571 g/mol. The zero-order valence-electron chi connectivity index (χ0n) is 21.9. The second-order valence-electron chi connectivity index (χ2n) is 11.0. The molecule has 2 aromatic rings. The molecule has 0 bridgehead atoms. The molecule has 37 heavy (non-hydrogen) atoms. The van der Waals surface area contributed by atoms with Gasteiger partial charge in [0.05, 0.1) is 0 Å².